The molecular weight excluding hydrogens is 540 g/mol. The van der Waals surface area contributed by atoms with Crippen LogP contribution in [0.3, 0.4) is 0 Å². The number of rotatable bonds is 7. The number of piperazine rings is 1. The molecule has 226 valence electrons. The third-order valence-electron chi connectivity index (χ3n) is 9.16. The zero-order valence-electron chi connectivity index (χ0n) is 25.6. The normalized spacial score (nSPS) is 19.8. The minimum atomic E-state index is -0.197. The Bertz CT molecular complexity index is 1580. The van der Waals surface area contributed by atoms with Gasteiger partial charge in [-0.2, -0.15) is 0 Å². The SMILES string of the molecule is COc1cc(-c2cn(C3CCC(N4CCN(C)CC4)CC3)c3ncnc(N)c23)ccc1NC(=O)c1ccc(N(C)C)cc1. The maximum absolute atomic E-state index is 13.0. The van der Waals surface area contributed by atoms with Crippen molar-refractivity contribution in [1.82, 2.24) is 24.3 Å². The number of amides is 1. The van der Waals surface area contributed by atoms with Crippen molar-refractivity contribution < 1.29 is 9.53 Å². The molecule has 2 aliphatic rings. The summed E-state index contributed by atoms with van der Waals surface area (Å²) in [4.78, 5) is 29.2. The lowest BCUT2D eigenvalue weighted by Gasteiger charge is -2.41. The lowest BCUT2D eigenvalue weighted by atomic mass is 9.89. The van der Waals surface area contributed by atoms with Crippen LogP contribution in [0.25, 0.3) is 22.2 Å². The molecule has 1 saturated heterocycles. The van der Waals surface area contributed by atoms with Gasteiger partial charge in [-0.05, 0) is 74.7 Å². The van der Waals surface area contributed by atoms with E-state index in [-0.39, 0.29) is 5.91 Å². The number of fused-ring (bicyclic) bond motifs is 1. The van der Waals surface area contributed by atoms with Crippen LogP contribution in [-0.2, 0) is 0 Å². The summed E-state index contributed by atoms with van der Waals surface area (Å²) in [7, 11) is 7.76. The molecule has 0 bridgehead atoms. The van der Waals surface area contributed by atoms with Crippen LogP contribution in [-0.4, -0.2) is 90.7 Å². The number of anilines is 3. The molecule has 0 unspecified atom stereocenters. The summed E-state index contributed by atoms with van der Waals surface area (Å²) in [6.45, 7) is 4.62. The van der Waals surface area contributed by atoms with Gasteiger partial charge in [0.15, 0.2) is 0 Å². The van der Waals surface area contributed by atoms with E-state index in [9.17, 15) is 4.79 Å². The zero-order valence-corrected chi connectivity index (χ0v) is 25.6. The van der Waals surface area contributed by atoms with Crippen molar-refractivity contribution in [2.75, 3.05) is 70.4 Å². The molecular formula is C33H42N8O2. The van der Waals surface area contributed by atoms with Gasteiger partial charge in [-0.15, -0.1) is 0 Å². The van der Waals surface area contributed by atoms with Crippen LogP contribution in [0.2, 0.25) is 0 Å². The van der Waals surface area contributed by atoms with Crippen LogP contribution in [0.15, 0.2) is 55.0 Å². The minimum absolute atomic E-state index is 0.197. The predicted octanol–water partition coefficient (Wildman–Crippen LogP) is 4.74. The fraction of sp³-hybridized carbons (Fsp3) is 0.424. The first-order valence-electron chi connectivity index (χ1n) is 15.1. The van der Waals surface area contributed by atoms with Gasteiger partial charge in [0.25, 0.3) is 5.91 Å². The Kier molecular flexibility index (Phi) is 8.23. The predicted molar refractivity (Wildman–Crippen MR) is 173 cm³/mol. The lowest BCUT2D eigenvalue weighted by Crippen LogP contribution is -2.49. The Labute approximate surface area is 253 Å². The number of nitrogens with zero attached hydrogens (tertiary/aromatic N) is 6. The van der Waals surface area contributed by atoms with Gasteiger partial charge in [-0.1, -0.05) is 6.07 Å². The highest BCUT2D eigenvalue weighted by Crippen LogP contribution is 2.40. The Morgan fingerprint density at radius 3 is 2.35 bits per heavy atom. The molecule has 1 aliphatic heterocycles. The van der Waals surface area contributed by atoms with Crippen LogP contribution < -0.4 is 20.7 Å². The summed E-state index contributed by atoms with van der Waals surface area (Å²) in [5.41, 5.74) is 11.4. The van der Waals surface area contributed by atoms with Crippen molar-refractivity contribution in [3.63, 3.8) is 0 Å². The molecule has 43 heavy (non-hydrogen) atoms. The van der Waals surface area contributed by atoms with Gasteiger partial charge < -0.3 is 30.2 Å². The maximum atomic E-state index is 13.0. The molecule has 1 amide bonds. The second-order valence-electron chi connectivity index (χ2n) is 12.0. The molecule has 2 fully saturated rings. The highest BCUT2D eigenvalue weighted by Gasteiger charge is 2.30. The van der Waals surface area contributed by atoms with Gasteiger partial charge in [-0.3, -0.25) is 9.69 Å². The molecule has 6 rings (SSSR count). The number of likely N-dealkylation sites (N-methyl/N-ethyl adjacent to an activating group) is 1. The highest BCUT2D eigenvalue weighted by atomic mass is 16.5. The van der Waals surface area contributed by atoms with E-state index >= 15 is 0 Å². The molecule has 0 spiro atoms. The van der Waals surface area contributed by atoms with Gasteiger partial charge in [0.05, 0.1) is 18.2 Å². The lowest BCUT2D eigenvalue weighted by molar-refractivity contribution is 0.0828. The number of nitrogens with two attached hydrogens (primary N) is 1. The molecule has 1 aliphatic carbocycles. The molecule has 2 aromatic heterocycles. The monoisotopic (exact) mass is 582 g/mol. The molecule has 4 aromatic rings. The van der Waals surface area contributed by atoms with Crippen molar-refractivity contribution in [2.45, 2.75) is 37.8 Å². The van der Waals surface area contributed by atoms with Crippen LogP contribution in [0.5, 0.6) is 5.75 Å². The first kappa shape index (κ1) is 28.9. The number of carbonyl (C=O) groups is 1. The molecule has 10 heteroatoms. The summed E-state index contributed by atoms with van der Waals surface area (Å²) in [5, 5.41) is 3.86. The maximum Gasteiger partial charge on any atom is 0.255 e. The first-order valence-corrected chi connectivity index (χ1v) is 15.1. The second kappa shape index (κ2) is 12.2. The fourth-order valence-electron chi connectivity index (χ4n) is 6.56. The number of aromatic nitrogens is 3. The largest absolute Gasteiger partial charge is 0.495 e. The van der Waals surface area contributed by atoms with Crippen molar-refractivity contribution in [3.05, 3.63) is 60.6 Å². The topological polar surface area (TPSA) is 105 Å². The summed E-state index contributed by atoms with van der Waals surface area (Å²) in [5.74, 6) is 0.833. The number of ether oxygens (including phenoxy) is 1. The van der Waals surface area contributed by atoms with E-state index in [1.54, 1.807) is 13.4 Å². The molecule has 3 heterocycles. The quantitative estimate of drug-likeness (QED) is 0.322. The number of benzene rings is 2. The van der Waals surface area contributed by atoms with Gasteiger partial charge in [0.2, 0.25) is 0 Å². The number of hydrogen-bond acceptors (Lipinski definition) is 8. The van der Waals surface area contributed by atoms with E-state index in [1.165, 1.54) is 12.8 Å². The van der Waals surface area contributed by atoms with E-state index in [2.05, 4.69) is 37.9 Å². The molecule has 2 aromatic carbocycles. The number of methoxy groups -OCH3 is 1. The van der Waals surface area contributed by atoms with Crippen LogP contribution in [0.1, 0.15) is 42.1 Å². The Balaban J connectivity index is 1.24. The van der Waals surface area contributed by atoms with Crippen LogP contribution in [0.4, 0.5) is 17.2 Å². The van der Waals surface area contributed by atoms with Gasteiger partial charge in [0.1, 0.15) is 23.5 Å². The van der Waals surface area contributed by atoms with Crippen molar-refractivity contribution in [3.8, 4) is 16.9 Å². The van der Waals surface area contributed by atoms with E-state index in [0.717, 1.165) is 66.9 Å². The molecule has 0 radical (unpaired) electrons. The Hall–Kier alpha value is -4.15. The van der Waals surface area contributed by atoms with Gasteiger partial charge in [-0.25, -0.2) is 9.97 Å². The van der Waals surface area contributed by atoms with E-state index < -0.39 is 0 Å². The third-order valence-corrected chi connectivity index (χ3v) is 9.16. The third kappa shape index (κ3) is 5.89. The average molecular weight is 583 g/mol. The van der Waals surface area contributed by atoms with E-state index in [1.807, 2.05) is 61.5 Å². The summed E-state index contributed by atoms with van der Waals surface area (Å²) >= 11 is 0. The second-order valence-corrected chi connectivity index (χ2v) is 12.0. The number of hydrogen-bond donors (Lipinski definition) is 2. The van der Waals surface area contributed by atoms with Gasteiger partial charge >= 0.3 is 0 Å². The van der Waals surface area contributed by atoms with Crippen molar-refractivity contribution >= 4 is 34.1 Å². The summed E-state index contributed by atoms with van der Waals surface area (Å²) < 4.78 is 8.05. The number of nitrogen functional groups attached to an aromatic ring is 1. The Morgan fingerprint density at radius 1 is 0.977 bits per heavy atom. The summed E-state index contributed by atoms with van der Waals surface area (Å²) in [6, 6.07) is 14.3. The average Bonchev–Trinajstić information content (AvgIpc) is 3.43. The molecule has 0 atom stereocenters. The van der Waals surface area contributed by atoms with Crippen LogP contribution >= 0.6 is 0 Å². The standard InChI is InChI=1S/C33H42N8O2/c1-38(2)24-8-5-22(6-9-24)33(42)37-28-14-7-23(19-29(28)43-4)27-20-41(32-30(27)31(34)35-21-36-32)26-12-10-25(11-13-26)40-17-15-39(3)16-18-40/h5-9,14,19-21,25-26H,10-13,15-18H2,1-4H3,(H,37,42)(H2,34,35,36). The minimum Gasteiger partial charge on any atom is -0.495 e. The first-order chi connectivity index (χ1) is 20.8. The molecule has 3 N–H and O–H groups in total. The van der Waals surface area contributed by atoms with Gasteiger partial charge in [0, 0.05) is 75.4 Å². The van der Waals surface area contributed by atoms with Crippen LogP contribution in [0, 0.1) is 0 Å². The fourth-order valence-corrected chi connectivity index (χ4v) is 6.56. The zero-order chi connectivity index (χ0) is 30.1. The van der Waals surface area contributed by atoms with E-state index in [4.69, 9.17) is 15.5 Å². The summed E-state index contributed by atoms with van der Waals surface area (Å²) in [6.07, 6.45) is 8.31. The highest BCUT2D eigenvalue weighted by molar-refractivity contribution is 6.06. The molecule has 10 nitrogen and oxygen atoms in total. The number of nitrogens with one attached hydrogen (secondary N) is 1. The van der Waals surface area contributed by atoms with E-state index in [0.29, 0.717) is 34.9 Å². The van der Waals surface area contributed by atoms with Crippen molar-refractivity contribution in [1.29, 1.82) is 0 Å². The Morgan fingerprint density at radius 2 is 1.67 bits per heavy atom. The smallest absolute Gasteiger partial charge is 0.255 e. The molecule has 1 saturated carbocycles. The van der Waals surface area contributed by atoms with Crippen molar-refractivity contribution in [2.24, 2.45) is 0 Å². The number of carbonyl (C=O) groups excluding carboxylic acids is 1.